The van der Waals surface area contributed by atoms with Gasteiger partial charge in [0, 0.05) is 11.5 Å². The minimum atomic E-state index is 0.417. The zero-order valence-electron chi connectivity index (χ0n) is 11.2. The highest BCUT2D eigenvalue weighted by molar-refractivity contribution is 6.33. The highest BCUT2D eigenvalue weighted by Crippen LogP contribution is 2.32. The number of furan rings is 1. The van der Waals surface area contributed by atoms with E-state index < -0.39 is 0 Å². The predicted octanol–water partition coefficient (Wildman–Crippen LogP) is 4.79. The van der Waals surface area contributed by atoms with Crippen molar-refractivity contribution in [2.75, 3.05) is 5.73 Å². The van der Waals surface area contributed by atoms with Crippen molar-refractivity contribution < 1.29 is 8.83 Å². The third kappa shape index (κ3) is 1.96. The Balaban J connectivity index is 1.91. The number of fused-ring (bicyclic) bond motifs is 2. The van der Waals surface area contributed by atoms with Crippen LogP contribution >= 0.6 is 11.6 Å². The fourth-order valence-corrected chi connectivity index (χ4v) is 2.50. The normalized spacial score (nSPS) is 11.5. The fraction of sp³-hybridized carbons (Fsp3) is 0.0625. The molecular weight excluding hydrogens is 288 g/mol. The van der Waals surface area contributed by atoms with Gasteiger partial charge in [-0.1, -0.05) is 23.2 Å². The molecule has 0 saturated carbocycles. The van der Waals surface area contributed by atoms with E-state index in [1.165, 1.54) is 5.56 Å². The maximum atomic E-state index is 5.99. The number of hydrogen-bond acceptors (Lipinski definition) is 4. The summed E-state index contributed by atoms with van der Waals surface area (Å²) < 4.78 is 11.5. The van der Waals surface area contributed by atoms with E-state index in [1.807, 2.05) is 25.1 Å². The molecule has 21 heavy (non-hydrogen) atoms. The molecule has 2 N–H and O–H groups in total. The second kappa shape index (κ2) is 4.27. The molecule has 5 heteroatoms. The van der Waals surface area contributed by atoms with E-state index in [4.69, 9.17) is 26.2 Å². The first kappa shape index (κ1) is 12.3. The maximum Gasteiger partial charge on any atom is 0.263 e. The topological polar surface area (TPSA) is 65.2 Å². The molecule has 4 rings (SSSR count). The molecule has 0 bridgehead atoms. The number of aryl methyl sites for hydroxylation is 1. The monoisotopic (exact) mass is 298 g/mol. The van der Waals surface area contributed by atoms with Gasteiger partial charge in [-0.05, 0) is 31.2 Å². The van der Waals surface area contributed by atoms with Gasteiger partial charge in [0.15, 0.2) is 11.3 Å². The van der Waals surface area contributed by atoms with Crippen molar-refractivity contribution in [3.63, 3.8) is 0 Å². The van der Waals surface area contributed by atoms with Gasteiger partial charge in [-0.3, -0.25) is 0 Å². The Hall–Kier alpha value is -2.46. The van der Waals surface area contributed by atoms with Crippen LogP contribution in [-0.2, 0) is 0 Å². The summed E-state index contributed by atoms with van der Waals surface area (Å²) in [5, 5.41) is 1.48. The van der Waals surface area contributed by atoms with Gasteiger partial charge in [0.2, 0.25) is 0 Å². The van der Waals surface area contributed by atoms with Crippen LogP contribution in [0, 0.1) is 6.92 Å². The van der Waals surface area contributed by atoms with Crippen molar-refractivity contribution >= 4 is 39.4 Å². The molecule has 0 atom stereocenters. The highest BCUT2D eigenvalue weighted by Gasteiger charge is 2.14. The zero-order valence-corrected chi connectivity index (χ0v) is 11.9. The summed E-state index contributed by atoms with van der Waals surface area (Å²) in [6.45, 7) is 2.04. The van der Waals surface area contributed by atoms with Crippen molar-refractivity contribution in [3.05, 3.63) is 47.0 Å². The molecule has 0 aliphatic heterocycles. The van der Waals surface area contributed by atoms with Crippen LogP contribution in [0.4, 0.5) is 5.69 Å². The van der Waals surface area contributed by atoms with Gasteiger partial charge in [0.25, 0.3) is 5.89 Å². The van der Waals surface area contributed by atoms with Gasteiger partial charge < -0.3 is 14.6 Å². The lowest BCUT2D eigenvalue weighted by molar-refractivity contribution is 0.559. The quantitative estimate of drug-likeness (QED) is 0.513. The third-order valence-corrected chi connectivity index (χ3v) is 3.72. The smallest absolute Gasteiger partial charge is 0.263 e. The van der Waals surface area contributed by atoms with Crippen molar-refractivity contribution in [2.24, 2.45) is 0 Å². The number of anilines is 1. The van der Waals surface area contributed by atoms with Crippen LogP contribution in [0.15, 0.2) is 45.2 Å². The van der Waals surface area contributed by atoms with Crippen molar-refractivity contribution in [1.82, 2.24) is 4.98 Å². The van der Waals surface area contributed by atoms with E-state index in [-0.39, 0.29) is 0 Å². The summed E-state index contributed by atoms with van der Waals surface area (Å²) in [6, 6.07) is 11.3. The first-order valence-corrected chi connectivity index (χ1v) is 6.84. The number of nitrogens with zero attached hydrogens (tertiary/aromatic N) is 1. The van der Waals surface area contributed by atoms with Crippen molar-refractivity contribution in [1.29, 1.82) is 0 Å². The summed E-state index contributed by atoms with van der Waals surface area (Å²) in [5.41, 5.74) is 9.45. The van der Waals surface area contributed by atoms with Crippen LogP contribution < -0.4 is 5.73 Å². The maximum absolute atomic E-state index is 5.99. The molecule has 104 valence electrons. The molecule has 0 unspecified atom stereocenters. The molecule has 0 fully saturated rings. The average molecular weight is 299 g/mol. The van der Waals surface area contributed by atoms with Crippen LogP contribution in [-0.4, -0.2) is 4.98 Å². The summed E-state index contributed by atoms with van der Waals surface area (Å²) in [5.74, 6) is 1.00. The zero-order chi connectivity index (χ0) is 14.6. The molecular formula is C16H11ClN2O2. The number of aromatic nitrogens is 1. The number of rotatable bonds is 1. The molecule has 4 nitrogen and oxygen atoms in total. The van der Waals surface area contributed by atoms with E-state index in [0.717, 1.165) is 11.0 Å². The average Bonchev–Trinajstić information content (AvgIpc) is 3.02. The summed E-state index contributed by atoms with van der Waals surface area (Å²) in [6.07, 6.45) is 0. The Morgan fingerprint density at radius 2 is 1.90 bits per heavy atom. The Bertz CT molecular complexity index is 946. The number of nitrogen functional groups attached to an aromatic ring is 1. The first-order chi connectivity index (χ1) is 10.1. The molecule has 0 amide bonds. The van der Waals surface area contributed by atoms with Gasteiger partial charge in [-0.25, -0.2) is 4.98 Å². The van der Waals surface area contributed by atoms with Gasteiger partial charge >= 0.3 is 0 Å². The van der Waals surface area contributed by atoms with Crippen LogP contribution in [0.3, 0.4) is 0 Å². The minimum absolute atomic E-state index is 0.417. The summed E-state index contributed by atoms with van der Waals surface area (Å²) in [7, 11) is 0. The molecule has 0 radical (unpaired) electrons. The Morgan fingerprint density at radius 1 is 1.05 bits per heavy atom. The van der Waals surface area contributed by atoms with Crippen LogP contribution in [0.5, 0.6) is 0 Å². The van der Waals surface area contributed by atoms with Gasteiger partial charge in [0.1, 0.15) is 11.1 Å². The Morgan fingerprint density at radius 3 is 2.76 bits per heavy atom. The van der Waals surface area contributed by atoms with Gasteiger partial charge in [0.05, 0.1) is 10.7 Å². The van der Waals surface area contributed by atoms with Crippen molar-refractivity contribution in [3.8, 4) is 11.7 Å². The molecule has 2 aromatic heterocycles. The summed E-state index contributed by atoms with van der Waals surface area (Å²) in [4.78, 5) is 4.40. The lowest BCUT2D eigenvalue weighted by Crippen LogP contribution is -1.84. The standard InChI is InChI=1S/C16H11ClN2O2/c1-8-2-3-13-9(4-8)5-15(20-13)16-19-12-6-10(17)11(18)7-14(12)21-16/h2-7H,18H2,1H3. The van der Waals surface area contributed by atoms with Crippen molar-refractivity contribution in [2.45, 2.75) is 6.92 Å². The number of oxazole rings is 1. The largest absolute Gasteiger partial charge is 0.451 e. The molecule has 0 saturated heterocycles. The second-order valence-electron chi connectivity index (χ2n) is 5.01. The molecule has 4 aromatic rings. The van der Waals surface area contributed by atoms with E-state index in [9.17, 15) is 0 Å². The lowest BCUT2D eigenvalue weighted by Gasteiger charge is -1.94. The SMILES string of the molecule is Cc1ccc2oc(-c3nc4cc(Cl)c(N)cc4o3)cc2c1. The Labute approximate surface area is 125 Å². The lowest BCUT2D eigenvalue weighted by atomic mass is 10.2. The van der Waals surface area contributed by atoms with Crippen LogP contribution in [0.1, 0.15) is 5.56 Å². The van der Waals surface area contributed by atoms with Crippen LogP contribution in [0.25, 0.3) is 33.7 Å². The number of benzene rings is 2. The van der Waals surface area contributed by atoms with E-state index >= 15 is 0 Å². The van der Waals surface area contributed by atoms with Gasteiger partial charge in [-0.2, -0.15) is 0 Å². The summed E-state index contributed by atoms with van der Waals surface area (Å²) >= 11 is 5.99. The Kier molecular flexibility index (Phi) is 2.50. The fourth-order valence-electron chi connectivity index (χ4n) is 2.34. The predicted molar refractivity (Wildman–Crippen MR) is 83.4 cm³/mol. The molecule has 0 aliphatic rings. The number of hydrogen-bond donors (Lipinski definition) is 1. The number of halogens is 1. The molecule has 2 aromatic carbocycles. The number of nitrogens with two attached hydrogens (primary N) is 1. The first-order valence-electron chi connectivity index (χ1n) is 6.46. The van der Waals surface area contributed by atoms with E-state index in [0.29, 0.717) is 33.5 Å². The van der Waals surface area contributed by atoms with Crippen LogP contribution in [0.2, 0.25) is 5.02 Å². The second-order valence-corrected chi connectivity index (χ2v) is 5.42. The minimum Gasteiger partial charge on any atom is -0.451 e. The molecule has 0 spiro atoms. The van der Waals surface area contributed by atoms with E-state index in [1.54, 1.807) is 12.1 Å². The highest BCUT2D eigenvalue weighted by atomic mass is 35.5. The van der Waals surface area contributed by atoms with Gasteiger partial charge in [-0.15, -0.1) is 0 Å². The third-order valence-electron chi connectivity index (χ3n) is 3.39. The molecule has 0 aliphatic carbocycles. The van der Waals surface area contributed by atoms with E-state index in [2.05, 4.69) is 11.1 Å². The molecule has 2 heterocycles.